The molecule has 0 aliphatic carbocycles. The molecule has 0 fully saturated rings. The van der Waals surface area contributed by atoms with Crippen molar-refractivity contribution in [2.45, 2.75) is 33.6 Å². The Bertz CT molecular complexity index is 418. The summed E-state index contributed by atoms with van der Waals surface area (Å²) in [4.78, 5) is 11.9. The summed E-state index contributed by atoms with van der Waals surface area (Å²) in [6, 6.07) is 3.76. The number of rotatable bonds is 4. The fraction of sp³-hybridized carbons (Fsp3) is 0.462. The minimum atomic E-state index is 0.0127. The summed E-state index contributed by atoms with van der Waals surface area (Å²) in [5.74, 6) is 0.0368. The summed E-state index contributed by atoms with van der Waals surface area (Å²) in [7, 11) is 0. The van der Waals surface area contributed by atoms with E-state index in [4.69, 9.17) is 5.73 Å². The number of aryl methyl sites for hydroxylation is 1. The zero-order valence-electron chi connectivity index (χ0n) is 10.5. The minimum Gasteiger partial charge on any atom is -0.397 e. The van der Waals surface area contributed by atoms with E-state index in [0.29, 0.717) is 11.4 Å². The molecule has 3 N–H and O–H groups in total. The normalized spacial score (nSPS) is 12.2. The third kappa shape index (κ3) is 3.73. The zero-order valence-corrected chi connectivity index (χ0v) is 12.1. The first-order valence-electron chi connectivity index (χ1n) is 5.82. The number of carbonyl (C=O) groups is 1. The van der Waals surface area contributed by atoms with Crippen LogP contribution < -0.4 is 11.1 Å². The lowest BCUT2D eigenvalue weighted by atomic mass is 10.1. The van der Waals surface area contributed by atoms with Crippen molar-refractivity contribution < 1.29 is 4.79 Å². The number of carbonyl (C=O) groups excluding carboxylic acids is 1. The SMILES string of the molecule is CCCC(C)C(=O)Nc1cc(Br)cc(C)c1N. The van der Waals surface area contributed by atoms with Crippen LogP contribution >= 0.6 is 15.9 Å². The topological polar surface area (TPSA) is 55.1 Å². The third-order valence-electron chi connectivity index (χ3n) is 2.78. The molecule has 94 valence electrons. The van der Waals surface area contributed by atoms with Crippen molar-refractivity contribution in [2.75, 3.05) is 11.1 Å². The van der Waals surface area contributed by atoms with Gasteiger partial charge in [0.1, 0.15) is 0 Å². The smallest absolute Gasteiger partial charge is 0.227 e. The lowest BCUT2D eigenvalue weighted by molar-refractivity contribution is -0.119. The monoisotopic (exact) mass is 298 g/mol. The standard InChI is InChI=1S/C13H19BrN2O/c1-4-5-8(2)13(17)16-11-7-10(14)6-9(3)12(11)15/h6-8H,4-5,15H2,1-3H3,(H,16,17). The van der Waals surface area contributed by atoms with Gasteiger partial charge in [0.05, 0.1) is 11.4 Å². The predicted molar refractivity (Wildman–Crippen MR) is 76.0 cm³/mol. The summed E-state index contributed by atoms with van der Waals surface area (Å²) in [5, 5.41) is 2.88. The number of halogens is 1. The highest BCUT2D eigenvalue weighted by Crippen LogP contribution is 2.28. The first-order valence-corrected chi connectivity index (χ1v) is 6.61. The van der Waals surface area contributed by atoms with Gasteiger partial charge in [0, 0.05) is 10.4 Å². The molecule has 1 amide bonds. The molecule has 3 nitrogen and oxygen atoms in total. The molecule has 1 atom stereocenters. The number of hydrogen-bond donors (Lipinski definition) is 2. The van der Waals surface area contributed by atoms with Gasteiger partial charge in [0.15, 0.2) is 0 Å². The van der Waals surface area contributed by atoms with E-state index in [1.54, 1.807) is 0 Å². The Kier molecular flexibility index (Phi) is 5.00. The van der Waals surface area contributed by atoms with Gasteiger partial charge in [-0.15, -0.1) is 0 Å². The Morgan fingerprint density at radius 1 is 1.53 bits per heavy atom. The Morgan fingerprint density at radius 3 is 2.76 bits per heavy atom. The van der Waals surface area contributed by atoms with Crippen molar-refractivity contribution in [2.24, 2.45) is 5.92 Å². The largest absolute Gasteiger partial charge is 0.397 e. The van der Waals surface area contributed by atoms with E-state index in [0.717, 1.165) is 22.9 Å². The van der Waals surface area contributed by atoms with Crippen LogP contribution in [0, 0.1) is 12.8 Å². The van der Waals surface area contributed by atoms with Crippen LogP contribution in [-0.4, -0.2) is 5.91 Å². The molecule has 1 aromatic carbocycles. The van der Waals surface area contributed by atoms with Crippen LogP contribution in [0.3, 0.4) is 0 Å². The molecule has 0 radical (unpaired) electrons. The van der Waals surface area contributed by atoms with Crippen molar-refractivity contribution in [1.82, 2.24) is 0 Å². The van der Waals surface area contributed by atoms with Gasteiger partial charge in [0.25, 0.3) is 0 Å². The van der Waals surface area contributed by atoms with Gasteiger partial charge >= 0.3 is 0 Å². The van der Waals surface area contributed by atoms with E-state index in [2.05, 4.69) is 28.2 Å². The van der Waals surface area contributed by atoms with E-state index in [-0.39, 0.29) is 11.8 Å². The van der Waals surface area contributed by atoms with Crippen LogP contribution in [0.5, 0.6) is 0 Å². The summed E-state index contributed by atoms with van der Waals surface area (Å²) in [6.45, 7) is 5.92. The maximum absolute atomic E-state index is 11.9. The number of hydrogen-bond acceptors (Lipinski definition) is 2. The second-order valence-corrected chi connectivity index (χ2v) is 5.28. The minimum absolute atomic E-state index is 0.0127. The van der Waals surface area contributed by atoms with Crippen molar-refractivity contribution in [3.05, 3.63) is 22.2 Å². The van der Waals surface area contributed by atoms with E-state index < -0.39 is 0 Å². The molecular formula is C13H19BrN2O. The van der Waals surface area contributed by atoms with Crippen LogP contribution in [0.4, 0.5) is 11.4 Å². The molecule has 1 unspecified atom stereocenters. The average Bonchev–Trinajstić information content (AvgIpc) is 2.25. The fourth-order valence-corrected chi connectivity index (χ4v) is 2.25. The third-order valence-corrected chi connectivity index (χ3v) is 3.24. The van der Waals surface area contributed by atoms with Crippen LogP contribution in [-0.2, 0) is 4.79 Å². The van der Waals surface area contributed by atoms with Crippen molar-refractivity contribution in [3.8, 4) is 0 Å². The van der Waals surface area contributed by atoms with Crippen LogP contribution in [0.2, 0.25) is 0 Å². The predicted octanol–water partition coefficient (Wildman–Crippen LogP) is 3.71. The number of benzene rings is 1. The van der Waals surface area contributed by atoms with Crippen LogP contribution in [0.1, 0.15) is 32.3 Å². The van der Waals surface area contributed by atoms with Gasteiger partial charge in [-0.25, -0.2) is 0 Å². The molecule has 0 aromatic heterocycles. The maximum atomic E-state index is 11.9. The maximum Gasteiger partial charge on any atom is 0.227 e. The highest BCUT2D eigenvalue weighted by Gasteiger charge is 2.14. The lowest BCUT2D eigenvalue weighted by Gasteiger charge is -2.14. The van der Waals surface area contributed by atoms with E-state index in [9.17, 15) is 4.79 Å². The fourth-order valence-electron chi connectivity index (χ4n) is 1.68. The molecule has 0 aliphatic heterocycles. The van der Waals surface area contributed by atoms with Crippen LogP contribution in [0.15, 0.2) is 16.6 Å². The average molecular weight is 299 g/mol. The van der Waals surface area contributed by atoms with Gasteiger partial charge in [-0.3, -0.25) is 4.79 Å². The number of nitrogens with two attached hydrogens (primary N) is 1. The molecule has 0 bridgehead atoms. The molecule has 4 heteroatoms. The van der Waals surface area contributed by atoms with Gasteiger partial charge in [-0.1, -0.05) is 36.2 Å². The van der Waals surface area contributed by atoms with E-state index >= 15 is 0 Å². The van der Waals surface area contributed by atoms with Crippen molar-refractivity contribution in [1.29, 1.82) is 0 Å². The van der Waals surface area contributed by atoms with Gasteiger partial charge in [-0.2, -0.15) is 0 Å². The number of nitrogen functional groups attached to an aromatic ring is 1. The Hall–Kier alpha value is -1.03. The van der Waals surface area contributed by atoms with Crippen molar-refractivity contribution >= 4 is 33.2 Å². The first kappa shape index (κ1) is 14.0. The first-order chi connectivity index (χ1) is 7.95. The Balaban J connectivity index is 2.85. The molecule has 0 spiro atoms. The summed E-state index contributed by atoms with van der Waals surface area (Å²) in [5.41, 5.74) is 8.21. The molecule has 1 aromatic rings. The van der Waals surface area contributed by atoms with Gasteiger partial charge in [0.2, 0.25) is 5.91 Å². The molecule has 0 saturated heterocycles. The number of anilines is 2. The Morgan fingerprint density at radius 2 is 2.18 bits per heavy atom. The Labute approximate surface area is 111 Å². The lowest BCUT2D eigenvalue weighted by Crippen LogP contribution is -2.21. The second kappa shape index (κ2) is 6.05. The van der Waals surface area contributed by atoms with Crippen LogP contribution in [0.25, 0.3) is 0 Å². The van der Waals surface area contributed by atoms with Gasteiger partial charge in [-0.05, 0) is 31.0 Å². The van der Waals surface area contributed by atoms with E-state index in [1.807, 2.05) is 26.0 Å². The summed E-state index contributed by atoms with van der Waals surface area (Å²) >= 11 is 3.40. The van der Waals surface area contributed by atoms with E-state index in [1.165, 1.54) is 0 Å². The van der Waals surface area contributed by atoms with Gasteiger partial charge < -0.3 is 11.1 Å². The quantitative estimate of drug-likeness (QED) is 0.833. The molecule has 0 aliphatic rings. The summed E-state index contributed by atoms with van der Waals surface area (Å²) < 4.78 is 0.919. The highest BCUT2D eigenvalue weighted by atomic mass is 79.9. The number of amides is 1. The second-order valence-electron chi connectivity index (χ2n) is 4.36. The molecule has 17 heavy (non-hydrogen) atoms. The van der Waals surface area contributed by atoms with Crippen molar-refractivity contribution in [3.63, 3.8) is 0 Å². The molecular weight excluding hydrogens is 280 g/mol. The molecule has 0 heterocycles. The zero-order chi connectivity index (χ0) is 13.0. The molecule has 0 saturated carbocycles. The molecule has 1 rings (SSSR count). The summed E-state index contributed by atoms with van der Waals surface area (Å²) in [6.07, 6.45) is 1.89. The number of nitrogens with one attached hydrogen (secondary N) is 1. The highest BCUT2D eigenvalue weighted by molar-refractivity contribution is 9.10.